The Hall–Kier alpha value is -2.37. The van der Waals surface area contributed by atoms with Crippen LogP contribution in [0.5, 0.6) is 0 Å². The van der Waals surface area contributed by atoms with Crippen molar-refractivity contribution in [1.29, 1.82) is 0 Å². The fourth-order valence-electron chi connectivity index (χ4n) is 3.49. The number of guanidine groups is 1. The van der Waals surface area contributed by atoms with Crippen LogP contribution in [0.3, 0.4) is 0 Å². The summed E-state index contributed by atoms with van der Waals surface area (Å²) in [5, 5.41) is 16.4. The molecule has 28 heavy (non-hydrogen) atoms. The highest BCUT2D eigenvalue weighted by molar-refractivity contribution is 5.79. The van der Waals surface area contributed by atoms with Crippen LogP contribution in [0.25, 0.3) is 0 Å². The van der Waals surface area contributed by atoms with E-state index >= 15 is 0 Å². The smallest absolute Gasteiger partial charge is 0.191 e. The summed E-state index contributed by atoms with van der Waals surface area (Å²) in [6.45, 7) is 6.54. The number of hydrogen-bond acceptors (Lipinski definition) is 3. The van der Waals surface area contributed by atoms with Gasteiger partial charge in [-0.15, -0.1) is 0 Å². The van der Waals surface area contributed by atoms with Crippen LogP contribution in [0.1, 0.15) is 35.1 Å². The van der Waals surface area contributed by atoms with E-state index in [-0.39, 0.29) is 6.10 Å². The van der Waals surface area contributed by atoms with E-state index in [0.29, 0.717) is 0 Å². The van der Waals surface area contributed by atoms with Gasteiger partial charge in [-0.05, 0) is 42.0 Å². The van der Waals surface area contributed by atoms with E-state index in [0.717, 1.165) is 51.5 Å². The normalized spacial score (nSPS) is 16.2. The molecule has 3 N–H and O–H groups in total. The highest BCUT2D eigenvalue weighted by atomic mass is 16.3. The number of hydrogen-bond donors (Lipinski definition) is 3. The van der Waals surface area contributed by atoms with Gasteiger partial charge in [-0.1, -0.05) is 48.5 Å². The molecule has 0 bridgehead atoms. The molecule has 0 spiro atoms. The average Bonchev–Trinajstić information content (AvgIpc) is 2.72. The molecule has 3 rings (SSSR count). The summed E-state index contributed by atoms with van der Waals surface area (Å²) in [4.78, 5) is 6.73. The third-order valence-electron chi connectivity index (χ3n) is 5.38. The molecular formula is C23H32N4O. The van der Waals surface area contributed by atoms with E-state index < -0.39 is 0 Å². The maximum Gasteiger partial charge on any atom is 0.191 e. The van der Waals surface area contributed by atoms with Crippen molar-refractivity contribution in [3.63, 3.8) is 0 Å². The second kappa shape index (κ2) is 10.2. The summed E-state index contributed by atoms with van der Waals surface area (Å²) in [7, 11) is 1.80. The number of aliphatic imine (C=N–C) groups is 1. The van der Waals surface area contributed by atoms with Gasteiger partial charge in [0.1, 0.15) is 0 Å². The first-order valence-corrected chi connectivity index (χ1v) is 10.1. The van der Waals surface area contributed by atoms with E-state index in [4.69, 9.17) is 0 Å². The summed E-state index contributed by atoms with van der Waals surface area (Å²) in [6, 6.07) is 17.1. The first-order valence-electron chi connectivity index (χ1n) is 10.1. The summed E-state index contributed by atoms with van der Waals surface area (Å²) >= 11 is 0. The van der Waals surface area contributed by atoms with Gasteiger partial charge in [0.05, 0.1) is 6.10 Å². The Kier molecular flexibility index (Phi) is 7.46. The van der Waals surface area contributed by atoms with Crippen molar-refractivity contribution in [3.05, 3.63) is 70.8 Å². The molecular weight excluding hydrogens is 348 g/mol. The standard InChI is InChI=1S/C23H32N4O/c1-18-5-3-4-6-21(18)16-26-23(24-2)25-15-19-7-9-20(10-8-19)17-27-13-11-22(28)12-14-27/h3-10,22,28H,11-17H2,1-2H3,(H2,24,25,26). The van der Waals surface area contributed by atoms with E-state index in [1.54, 1.807) is 7.05 Å². The van der Waals surface area contributed by atoms with Crippen LogP contribution in [0.4, 0.5) is 0 Å². The van der Waals surface area contributed by atoms with Crippen molar-refractivity contribution >= 4 is 5.96 Å². The minimum atomic E-state index is -0.112. The fraction of sp³-hybridized carbons (Fsp3) is 0.435. The number of benzene rings is 2. The zero-order valence-electron chi connectivity index (χ0n) is 17.0. The summed E-state index contributed by atoms with van der Waals surface area (Å²) in [5.41, 5.74) is 5.11. The van der Waals surface area contributed by atoms with Crippen LogP contribution >= 0.6 is 0 Å². The second-order valence-corrected chi connectivity index (χ2v) is 7.53. The first-order chi connectivity index (χ1) is 13.6. The number of aryl methyl sites for hydroxylation is 1. The Labute approximate surface area is 168 Å². The molecule has 0 aliphatic carbocycles. The molecule has 2 aromatic rings. The number of aliphatic hydroxyl groups is 1. The summed E-state index contributed by atoms with van der Waals surface area (Å²) < 4.78 is 0. The van der Waals surface area contributed by atoms with Gasteiger partial charge in [-0.3, -0.25) is 9.89 Å². The molecule has 0 aromatic heterocycles. The van der Waals surface area contributed by atoms with Gasteiger partial charge in [-0.25, -0.2) is 0 Å². The molecule has 0 radical (unpaired) electrons. The molecule has 5 nitrogen and oxygen atoms in total. The number of rotatable bonds is 6. The maximum absolute atomic E-state index is 9.62. The fourth-order valence-corrected chi connectivity index (χ4v) is 3.49. The van der Waals surface area contributed by atoms with Crippen LogP contribution in [0.15, 0.2) is 53.5 Å². The van der Waals surface area contributed by atoms with Gasteiger partial charge >= 0.3 is 0 Å². The van der Waals surface area contributed by atoms with Gasteiger partial charge in [-0.2, -0.15) is 0 Å². The molecule has 150 valence electrons. The minimum Gasteiger partial charge on any atom is -0.393 e. The number of piperidine rings is 1. The van der Waals surface area contributed by atoms with E-state index in [1.165, 1.54) is 22.3 Å². The lowest BCUT2D eigenvalue weighted by Gasteiger charge is -2.29. The molecule has 5 heteroatoms. The zero-order chi connectivity index (χ0) is 19.8. The Balaban J connectivity index is 1.45. The molecule has 1 fully saturated rings. The van der Waals surface area contributed by atoms with Gasteiger partial charge < -0.3 is 15.7 Å². The van der Waals surface area contributed by atoms with Gasteiger partial charge in [0.15, 0.2) is 5.96 Å². The number of likely N-dealkylation sites (tertiary alicyclic amines) is 1. The molecule has 0 saturated carbocycles. The van der Waals surface area contributed by atoms with Crippen molar-refractivity contribution in [3.8, 4) is 0 Å². The largest absolute Gasteiger partial charge is 0.393 e. The lowest BCUT2D eigenvalue weighted by molar-refractivity contribution is 0.0792. The van der Waals surface area contributed by atoms with Crippen molar-refractivity contribution in [2.24, 2.45) is 4.99 Å². The number of aliphatic hydroxyl groups excluding tert-OH is 1. The van der Waals surface area contributed by atoms with Crippen LogP contribution in [0.2, 0.25) is 0 Å². The predicted octanol–water partition coefficient (Wildman–Crippen LogP) is 2.82. The molecule has 2 aromatic carbocycles. The maximum atomic E-state index is 9.62. The monoisotopic (exact) mass is 380 g/mol. The van der Waals surface area contributed by atoms with Gasteiger partial charge in [0, 0.05) is 39.8 Å². The highest BCUT2D eigenvalue weighted by Gasteiger charge is 2.16. The molecule has 0 amide bonds. The number of nitrogens with zero attached hydrogens (tertiary/aromatic N) is 2. The van der Waals surface area contributed by atoms with E-state index in [9.17, 15) is 5.11 Å². The Morgan fingerprint density at radius 1 is 1.00 bits per heavy atom. The Morgan fingerprint density at radius 2 is 1.64 bits per heavy atom. The molecule has 1 heterocycles. The molecule has 1 saturated heterocycles. The lowest BCUT2D eigenvalue weighted by Crippen LogP contribution is -2.36. The highest BCUT2D eigenvalue weighted by Crippen LogP contribution is 2.14. The van der Waals surface area contributed by atoms with E-state index in [2.05, 4.69) is 76.0 Å². The number of nitrogens with one attached hydrogen (secondary N) is 2. The lowest BCUT2D eigenvalue weighted by atomic mass is 10.1. The van der Waals surface area contributed by atoms with Crippen molar-refractivity contribution in [2.45, 2.75) is 45.5 Å². The summed E-state index contributed by atoms with van der Waals surface area (Å²) in [6.07, 6.45) is 1.66. The minimum absolute atomic E-state index is 0.112. The van der Waals surface area contributed by atoms with Crippen LogP contribution in [-0.2, 0) is 19.6 Å². The Morgan fingerprint density at radius 3 is 2.32 bits per heavy atom. The SMILES string of the molecule is CN=C(NCc1ccc(CN2CCC(O)CC2)cc1)NCc1ccccc1C. The second-order valence-electron chi connectivity index (χ2n) is 7.53. The molecule has 1 aliphatic rings. The van der Waals surface area contributed by atoms with Crippen molar-refractivity contribution in [2.75, 3.05) is 20.1 Å². The predicted molar refractivity (Wildman–Crippen MR) is 115 cm³/mol. The van der Waals surface area contributed by atoms with Crippen molar-refractivity contribution in [1.82, 2.24) is 15.5 Å². The topological polar surface area (TPSA) is 59.9 Å². The molecule has 0 unspecified atom stereocenters. The molecule has 0 atom stereocenters. The zero-order valence-corrected chi connectivity index (χ0v) is 17.0. The molecule has 1 aliphatic heterocycles. The quantitative estimate of drug-likeness (QED) is 0.533. The third kappa shape index (κ3) is 6.08. The van der Waals surface area contributed by atoms with Gasteiger partial charge in [0.25, 0.3) is 0 Å². The average molecular weight is 381 g/mol. The van der Waals surface area contributed by atoms with Crippen LogP contribution < -0.4 is 10.6 Å². The first kappa shape index (κ1) is 20.4. The Bertz CT molecular complexity index is 764. The third-order valence-corrected chi connectivity index (χ3v) is 5.38. The van der Waals surface area contributed by atoms with E-state index in [1.807, 2.05) is 0 Å². The van der Waals surface area contributed by atoms with Crippen molar-refractivity contribution < 1.29 is 5.11 Å². The van der Waals surface area contributed by atoms with Gasteiger partial charge in [0.2, 0.25) is 0 Å². The van der Waals surface area contributed by atoms with Crippen LogP contribution in [0, 0.1) is 6.92 Å². The van der Waals surface area contributed by atoms with Crippen LogP contribution in [-0.4, -0.2) is 42.2 Å². The summed E-state index contributed by atoms with van der Waals surface area (Å²) in [5.74, 6) is 0.805.